The first kappa shape index (κ1) is 14.2. The number of oxime groups is 1. The third-order valence-electron chi connectivity index (χ3n) is 3.34. The van der Waals surface area contributed by atoms with Crippen LogP contribution in [0.5, 0.6) is 5.75 Å². The van der Waals surface area contributed by atoms with Gasteiger partial charge in [0.15, 0.2) is 0 Å². The summed E-state index contributed by atoms with van der Waals surface area (Å²) in [6.07, 6.45) is 1.10. The molecule has 1 unspecified atom stereocenters. The Kier molecular flexibility index (Phi) is 4.58. The molecule has 0 fully saturated rings. The summed E-state index contributed by atoms with van der Waals surface area (Å²) < 4.78 is 6.58. The topological polar surface area (TPSA) is 30.8 Å². The fraction of sp³-hybridized carbons (Fsp3) is 0.235. The van der Waals surface area contributed by atoms with Gasteiger partial charge in [0.05, 0.1) is 0 Å². The Labute approximate surface area is 131 Å². The zero-order chi connectivity index (χ0) is 14.5. The van der Waals surface area contributed by atoms with Crippen LogP contribution in [0.4, 0.5) is 0 Å². The van der Waals surface area contributed by atoms with Gasteiger partial charge in [-0.1, -0.05) is 0 Å². The van der Waals surface area contributed by atoms with Crippen LogP contribution in [-0.4, -0.2) is 33.9 Å². The van der Waals surface area contributed by atoms with E-state index in [1.165, 1.54) is 4.46 Å². The number of methoxy groups -OCH3 is 1. The molecule has 3 rings (SSSR count). The minimum atomic E-state index is 0.210. The summed E-state index contributed by atoms with van der Waals surface area (Å²) in [6.45, 7) is 0. The van der Waals surface area contributed by atoms with Crippen molar-refractivity contribution in [3.05, 3.63) is 60.2 Å². The normalized spacial score (nSPS) is 17.2. The zero-order valence-electron chi connectivity index (χ0n) is 11.9. The van der Waals surface area contributed by atoms with E-state index in [0.717, 1.165) is 28.8 Å². The van der Waals surface area contributed by atoms with Gasteiger partial charge < -0.3 is 0 Å². The molecule has 0 N–H and O–H groups in total. The third-order valence-corrected chi connectivity index (χ3v) is 5.74. The fourth-order valence-electron chi connectivity index (χ4n) is 2.18. The summed E-state index contributed by atoms with van der Waals surface area (Å²) in [5, 5.41) is 5.30. The van der Waals surface area contributed by atoms with Gasteiger partial charge in [0.2, 0.25) is 0 Å². The Morgan fingerprint density at radius 2 is 1.90 bits per heavy atom. The first-order valence-corrected chi connectivity index (χ1v) is 8.97. The maximum absolute atomic E-state index is 5.57. The van der Waals surface area contributed by atoms with Gasteiger partial charge in [-0.15, -0.1) is 0 Å². The molecule has 4 heteroatoms. The van der Waals surface area contributed by atoms with Crippen LogP contribution >= 0.6 is 0 Å². The molecule has 0 saturated heterocycles. The number of hydrogen-bond acceptors (Lipinski definition) is 3. The molecule has 0 aliphatic carbocycles. The molecule has 2 aromatic carbocycles. The average Bonchev–Trinajstić information content (AvgIpc) is 3.03. The second kappa shape index (κ2) is 6.79. The Morgan fingerprint density at radius 3 is 2.62 bits per heavy atom. The van der Waals surface area contributed by atoms with Gasteiger partial charge in [-0.05, 0) is 0 Å². The van der Waals surface area contributed by atoms with Crippen LogP contribution in [0.2, 0.25) is 5.32 Å². The molecule has 1 heterocycles. The third kappa shape index (κ3) is 3.66. The van der Waals surface area contributed by atoms with E-state index in [4.69, 9.17) is 9.57 Å². The van der Waals surface area contributed by atoms with Crippen LogP contribution in [-0.2, 0) is 4.84 Å². The Bertz CT molecular complexity index is 610. The maximum atomic E-state index is 5.57. The number of benzene rings is 2. The Hall–Kier alpha value is -1.77. The quantitative estimate of drug-likeness (QED) is 0.780. The van der Waals surface area contributed by atoms with Crippen LogP contribution in [0.15, 0.2) is 59.8 Å². The van der Waals surface area contributed by atoms with E-state index in [-0.39, 0.29) is 6.10 Å². The van der Waals surface area contributed by atoms with Gasteiger partial charge in [0, 0.05) is 0 Å². The van der Waals surface area contributed by atoms with Gasteiger partial charge in [-0.2, -0.15) is 0 Å². The van der Waals surface area contributed by atoms with Gasteiger partial charge >= 0.3 is 131 Å². The van der Waals surface area contributed by atoms with Crippen molar-refractivity contribution in [2.45, 2.75) is 17.8 Å². The van der Waals surface area contributed by atoms with E-state index >= 15 is 0 Å². The summed E-state index contributed by atoms with van der Waals surface area (Å²) >= 11 is 0.441. The van der Waals surface area contributed by atoms with Crippen molar-refractivity contribution in [3.8, 4) is 5.75 Å². The van der Waals surface area contributed by atoms with E-state index in [1.54, 1.807) is 7.11 Å². The molecule has 0 radical (unpaired) electrons. The first-order chi connectivity index (χ1) is 10.3. The second-order valence-electron chi connectivity index (χ2n) is 4.82. The summed E-state index contributed by atoms with van der Waals surface area (Å²) in [5.41, 5.74) is 2.15. The molecule has 1 aliphatic rings. The standard InChI is InChI=1S/C17H17NO2Se/c1-19-14-9-7-13(8-10-14)17-11-15(20-18-17)12-21-16-5-3-2-4-6-16/h2-10,15H,11-12H2,1H3. The molecule has 2 aromatic rings. The van der Waals surface area contributed by atoms with Crippen molar-refractivity contribution in [3.63, 3.8) is 0 Å². The molecule has 0 bridgehead atoms. The Balaban J connectivity index is 1.54. The molecule has 0 aromatic heterocycles. The monoisotopic (exact) mass is 347 g/mol. The molecular formula is C17H17NO2Se. The van der Waals surface area contributed by atoms with Crippen molar-refractivity contribution in [2.75, 3.05) is 7.11 Å². The van der Waals surface area contributed by atoms with Crippen LogP contribution in [0.1, 0.15) is 12.0 Å². The van der Waals surface area contributed by atoms with Crippen molar-refractivity contribution < 1.29 is 9.57 Å². The molecule has 0 spiro atoms. The predicted molar refractivity (Wildman–Crippen MR) is 85.7 cm³/mol. The van der Waals surface area contributed by atoms with E-state index < -0.39 is 0 Å². The Morgan fingerprint density at radius 1 is 1.14 bits per heavy atom. The SMILES string of the molecule is COc1ccc(C2=NOC(C[Se]c3ccccc3)C2)cc1. The molecule has 3 nitrogen and oxygen atoms in total. The van der Waals surface area contributed by atoms with Crippen LogP contribution in [0.25, 0.3) is 0 Å². The molecule has 108 valence electrons. The fourth-order valence-corrected chi connectivity index (χ4v) is 4.08. The predicted octanol–water partition coefficient (Wildman–Crippen LogP) is 2.64. The van der Waals surface area contributed by atoms with Gasteiger partial charge in [0.1, 0.15) is 0 Å². The number of hydrogen-bond donors (Lipinski definition) is 0. The van der Waals surface area contributed by atoms with E-state index in [9.17, 15) is 0 Å². The molecular weight excluding hydrogens is 329 g/mol. The van der Waals surface area contributed by atoms with Crippen LogP contribution in [0.3, 0.4) is 0 Å². The summed E-state index contributed by atoms with van der Waals surface area (Å²) in [4.78, 5) is 5.57. The van der Waals surface area contributed by atoms with Gasteiger partial charge in [-0.3, -0.25) is 0 Å². The summed E-state index contributed by atoms with van der Waals surface area (Å²) in [5.74, 6) is 0.863. The molecule has 21 heavy (non-hydrogen) atoms. The average molecular weight is 346 g/mol. The van der Waals surface area contributed by atoms with Gasteiger partial charge in [0.25, 0.3) is 0 Å². The van der Waals surface area contributed by atoms with Crippen molar-refractivity contribution in [1.29, 1.82) is 0 Å². The number of ether oxygens (including phenoxy) is 1. The van der Waals surface area contributed by atoms with E-state index in [0.29, 0.717) is 15.0 Å². The first-order valence-electron chi connectivity index (χ1n) is 6.90. The van der Waals surface area contributed by atoms with Crippen LogP contribution in [0, 0.1) is 0 Å². The van der Waals surface area contributed by atoms with Crippen molar-refractivity contribution in [1.82, 2.24) is 0 Å². The summed E-state index contributed by atoms with van der Waals surface area (Å²) in [7, 11) is 1.67. The molecule has 0 amide bonds. The zero-order valence-corrected chi connectivity index (χ0v) is 13.6. The summed E-state index contributed by atoms with van der Waals surface area (Å²) in [6, 6.07) is 18.6. The minimum absolute atomic E-state index is 0.210. The van der Waals surface area contributed by atoms with E-state index in [2.05, 4.69) is 35.5 Å². The molecule has 1 atom stereocenters. The van der Waals surface area contributed by atoms with Crippen molar-refractivity contribution in [2.24, 2.45) is 5.16 Å². The van der Waals surface area contributed by atoms with Crippen molar-refractivity contribution >= 4 is 25.1 Å². The number of nitrogens with zero attached hydrogens (tertiary/aromatic N) is 1. The molecule has 0 saturated carbocycles. The number of rotatable bonds is 5. The molecule has 1 aliphatic heterocycles. The van der Waals surface area contributed by atoms with E-state index in [1.807, 2.05) is 24.3 Å². The van der Waals surface area contributed by atoms with Gasteiger partial charge in [-0.25, -0.2) is 0 Å². The second-order valence-corrected chi connectivity index (χ2v) is 7.12. The van der Waals surface area contributed by atoms with Crippen LogP contribution < -0.4 is 9.20 Å².